The lowest BCUT2D eigenvalue weighted by molar-refractivity contribution is -0.108. The number of urea groups is 1. The number of carbonyl (C=O) groups excluding carboxylic acids is 1. The van der Waals surface area contributed by atoms with Crippen LogP contribution in [-0.4, -0.2) is 42.5 Å². The van der Waals surface area contributed by atoms with Gasteiger partial charge >= 0.3 is 6.03 Å². The van der Waals surface area contributed by atoms with Crippen LogP contribution >= 0.6 is 0 Å². The van der Waals surface area contributed by atoms with E-state index >= 15 is 0 Å². The molecule has 0 aromatic rings. The molecule has 1 saturated heterocycles. The number of aliphatic hydroxyl groups is 1. The number of hydrogen-bond donors (Lipinski definition) is 3. The highest BCUT2D eigenvalue weighted by molar-refractivity contribution is 5.75. The molecule has 2 saturated carbocycles. The fourth-order valence-corrected chi connectivity index (χ4v) is 4.76. The normalized spacial score (nSPS) is 40.2. The van der Waals surface area contributed by atoms with Gasteiger partial charge in [-0.2, -0.15) is 0 Å². The molecule has 0 radical (unpaired) electrons. The molecule has 0 spiro atoms. The summed E-state index contributed by atoms with van der Waals surface area (Å²) in [5, 5.41) is 15.9. The van der Waals surface area contributed by atoms with Crippen molar-refractivity contribution in [2.45, 2.75) is 70.6 Å². The second-order valence-electron chi connectivity index (χ2n) is 7.85. The van der Waals surface area contributed by atoms with Crippen LogP contribution in [0.25, 0.3) is 0 Å². The van der Waals surface area contributed by atoms with Crippen molar-refractivity contribution in [3.63, 3.8) is 0 Å². The first-order chi connectivity index (χ1) is 10.5. The second kappa shape index (κ2) is 6.36. The Balaban J connectivity index is 1.55. The lowest BCUT2D eigenvalue weighted by Gasteiger charge is -2.54. The SMILES string of the molecule is CC1(C)C(NC(=O)NC2CCCCCC2CO)C2CCOC21. The Labute approximate surface area is 133 Å². The Morgan fingerprint density at radius 3 is 2.73 bits per heavy atom. The molecule has 3 rings (SSSR count). The van der Waals surface area contributed by atoms with E-state index in [9.17, 15) is 9.90 Å². The summed E-state index contributed by atoms with van der Waals surface area (Å²) in [6.07, 6.45) is 6.81. The van der Waals surface area contributed by atoms with Crippen LogP contribution in [0.4, 0.5) is 4.79 Å². The van der Waals surface area contributed by atoms with E-state index in [0.717, 1.165) is 38.7 Å². The molecule has 126 valence electrons. The van der Waals surface area contributed by atoms with Crippen molar-refractivity contribution < 1.29 is 14.6 Å². The van der Waals surface area contributed by atoms with Crippen LogP contribution in [0.2, 0.25) is 0 Å². The summed E-state index contributed by atoms with van der Waals surface area (Å²) in [5.74, 6) is 0.661. The maximum atomic E-state index is 12.4. The summed E-state index contributed by atoms with van der Waals surface area (Å²) >= 11 is 0. The summed E-state index contributed by atoms with van der Waals surface area (Å²) < 4.78 is 5.78. The van der Waals surface area contributed by atoms with E-state index in [0.29, 0.717) is 12.0 Å². The molecular weight excluding hydrogens is 280 g/mol. The maximum absolute atomic E-state index is 12.4. The number of hydrogen-bond acceptors (Lipinski definition) is 3. The van der Waals surface area contributed by atoms with Crippen molar-refractivity contribution in [2.75, 3.05) is 13.2 Å². The minimum absolute atomic E-state index is 0.0122. The molecule has 5 heteroatoms. The molecule has 22 heavy (non-hydrogen) atoms. The van der Waals surface area contributed by atoms with Crippen molar-refractivity contribution in [2.24, 2.45) is 17.3 Å². The van der Waals surface area contributed by atoms with Gasteiger partial charge in [-0.05, 0) is 19.3 Å². The van der Waals surface area contributed by atoms with Crippen molar-refractivity contribution in [3.05, 3.63) is 0 Å². The summed E-state index contributed by atoms with van der Waals surface area (Å²) in [6, 6.07) is 0.221. The lowest BCUT2D eigenvalue weighted by atomic mass is 9.57. The summed E-state index contributed by atoms with van der Waals surface area (Å²) in [4.78, 5) is 12.4. The van der Waals surface area contributed by atoms with Crippen LogP contribution in [0.1, 0.15) is 52.4 Å². The van der Waals surface area contributed by atoms with E-state index in [-0.39, 0.29) is 36.1 Å². The molecule has 5 unspecified atom stereocenters. The summed E-state index contributed by atoms with van der Waals surface area (Å²) in [5.41, 5.74) is 0.0122. The molecule has 2 aliphatic carbocycles. The van der Waals surface area contributed by atoms with E-state index in [1.165, 1.54) is 6.42 Å². The highest BCUT2D eigenvalue weighted by atomic mass is 16.5. The van der Waals surface area contributed by atoms with Crippen molar-refractivity contribution >= 4 is 6.03 Å². The van der Waals surface area contributed by atoms with Crippen molar-refractivity contribution in [3.8, 4) is 0 Å². The second-order valence-corrected chi connectivity index (χ2v) is 7.85. The number of amides is 2. The molecule has 0 aromatic carbocycles. The minimum atomic E-state index is -0.0752. The topological polar surface area (TPSA) is 70.6 Å². The van der Waals surface area contributed by atoms with Gasteiger partial charge in [-0.25, -0.2) is 4.79 Å². The number of rotatable bonds is 3. The van der Waals surface area contributed by atoms with Gasteiger partial charge in [-0.3, -0.25) is 0 Å². The van der Waals surface area contributed by atoms with Crippen LogP contribution in [0.3, 0.4) is 0 Å². The van der Waals surface area contributed by atoms with Gasteiger partial charge in [0, 0.05) is 42.5 Å². The van der Waals surface area contributed by atoms with Crippen LogP contribution in [0, 0.1) is 17.3 Å². The molecular formula is C17H30N2O3. The summed E-state index contributed by atoms with van der Waals surface area (Å²) in [7, 11) is 0. The zero-order valence-corrected chi connectivity index (χ0v) is 13.8. The zero-order valence-electron chi connectivity index (χ0n) is 13.8. The number of ether oxygens (including phenoxy) is 1. The standard InChI is InChI=1S/C17H30N2O3/c1-17(2)14(12-8-9-22-15(12)17)19-16(21)18-13-7-5-3-4-6-11(13)10-20/h11-15,20H,3-10H2,1-2H3,(H2,18,19,21). The summed E-state index contributed by atoms with van der Waals surface area (Å²) in [6.45, 7) is 5.32. The minimum Gasteiger partial charge on any atom is -0.396 e. The predicted octanol–water partition coefficient (Wildman–Crippen LogP) is 2.04. The largest absolute Gasteiger partial charge is 0.396 e. The van der Waals surface area contributed by atoms with Crippen molar-refractivity contribution in [1.82, 2.24) is 10.6 Å². The maximum Gasteiger partial charge on any atom is 0.315 e. The molecule has 2 amide bonds. The third-order valence-corrected chi connectivity index (χ3v) is 6.10. The molecule has 0 aromatic heterocycles. The predicted molar refractivity (Wildman–Crippen MR) is 84.5 cm³/mol. The van der Waals surface area contributed by atoms with E-state index in [4.69, 9.17) is 4.74 Å². The van der Waals surface area contributed by atoms with Gasteiger partial charge < -0.3 is 20.5 Å². The van der Waals surface area contributed by atoms with Gasteiger partial charge in [-0.1, -0.05) is 33.1 Å². The first kappa shape index (κ1) is 16.1. The molecule has 1 aliphatic heterocycles. The third kappa shape index (κ3) is 2.85. The van der Waals surface area contributed by atoms with Gasteiger partial charge in [0.15, 0.2) is 0 Å². The van der Waals surface area contributed by atoms with Gasteiger partial charge in [0.25, 0.3) is 0 Å². The fourth-order valence-electron chi connectivity index (χ4n) is 4.76. The molecule has 1 heterocycles. The fraction of sp³-hybridized carbons (Fsp3) is 0.941. The quantitative estimate of drug-likeness (QED) is 0.699. The smallest absolute Gasteiger partial charge is 0.315 e. The van der Waals surface area contributed by atoms with Crippen LogP contribution in [-0.2, 0) is 4.74 Å². The Bertz CT molecular complexity index is 413. The van der Waals surface area contributed by atoms with E-state index < -0.39 is 0 Å². The van der Waals surface area contributed by atoms with E-state index in [1.54, 1.807) is 0 Å². The number of aliphatic hydroxyl groups excluding tert-OH is 1. The monoisotopic (exact) mass is 310 g/mol. The first-order valence-electron chi connectivity index (χ1n) is 8.83. The van der Waals surface area contributed by atoms with E-state index in [2.05, 4.69) is 24.5 Å². The Morgan fingerprint density at radius 2 is 1.95 bits per heavy atom. The third-order valence-electron chi connectivity index (χ3n) is 6.10. The van der Waals surface area contributed by atoms with Gasteiger partial charge in [0.05, 0.1) is 6.10 Å². The molecule has 3 N–H and O–H groups in total. The number of fused-ring (bicyclic) bond motifs is 1. The number of carbonyl (C=O) groups is 1. The Kier molecular flexibility index (Phi) is 4.64. The van der Waals surface area contributed by atoms with Gasteiger partial charge in [0.1, 0.15) is 0 Å². The van der Waals surface area contributed by atoms with Crippen LogP contribution in [0.5, 0.6) is 0 Å². The Morgan fingerprint density at radius 1 is 1.18 bits per heavy atom. The van der Waals surface area contributed by atoms with Gasteiger partial charge in [0.2, 0.25) is 0 Å². The Hall–Kier alpha value is -0.810. The van der Waals surface area contributed by atoms with Crippen LogP contribution < -0.4 is 10.6 Å². The highest BCUT2D eigenvalue weighted by Gasteiger charge is 2.59. The van der Waals surface area contributed by atoms with E-state index in [1.807, 2.05) is 0 Å². The molecule has 0 bridgehead atoms. The highest BCUT2D eigenvalue weighted by Crippen LogP contribution is 2.52. The molecule has 5 nitrogen and oxygen atoms in total. The van der Waals surface area contributed by atoms with Gasteiger partial charge in [-0.15, -0.1) is 0 Å². The molecule has 3 aliphatic rings. The number of nitrogens with one attached hydrogen (secondary N) is 2. The van der Waals surface area contributed by atoms with Crippen LogP contribution in [0.15, 0.2) is 0 Å². The first-order valence-corrected chi connectivity index (χ1v) is 8.83. The lowest BCUT2D eigenvalue weighted by Crippen LogP contribution is -2.68. The van der Waals surface area contributed by atoms with Crippen molar-refractivity contribution in [1.29, 1.82) is 0 Å². The molecule has 5 atom stereocenters. The average Bonchev–Trinajstić information content (AvgIpc) is 2.83. The molecule has 3 fully saturated rings. The average molecular weight is 310 g/mol. The zero-order chi connectivity index (χ0) is 15.7.